The maximum absolute atomic E-state index is 12.1. The van der Waals surface area contributed by atoms with Gasteiger partial charge < -0.3 is 15.4 Å². The van der Waals surface area contributed by atoms with E-state index in [9.17, 15) is 4.79 Å². The molecule has 0 spiro atoms. The summed E-state index contributed by atoms with van der Waals surface area (Å²) in [6.45, 7) is 2.13. The average Bonchev–Trinajstić information content (AvgIpc) is 2.82. The number of fused-ring (bicyclic) bond motifs is 1. The Kier molecular flexibility index (Phi) is 3.29. The molecule has 2 aromatic rings. The van der Waals surface area contributed by atoms with Crippen LogP contribution in [0.2, 0.25) is 0 Å². The van der Waals surface area contributed by atoms with Crippen LogP contribution in [0.25, 0.3) is 0 Å². The van der Waals surface area contributed by atoms with E-state index in [2.05, 4.69) is 24.0 Å². The molecule has 0 amide bonds. The molecule has 0 aliphatic carbocycles. The van der Waals surface area contributed by atoms with Gasteiger partial charge in [-0.25, -0.2) is 4.79 Å². The molecule has 3 rings (SSSR count). The van der Waals surface area contributed by atoms with E-state index in [1.165, 1.54) is 12.7 Å². The van der Waals surface area contributed by atoms with E-state index in [4.69, 9.17) is 10.5 Å². The van der Waals surface area contributed by atoms with Gasteiger partial charge in [-0.3, -0.25) is 0 Å². The number of nitrogens with two attached hydrogens (primary N) is 1. The highest BCUT2D eigenvalue weighted by molar-refractivity contribution is 6.01. The van der Waals surface area contributed by atoms with Gasteiger partial charge in [0.15, 0.2) is 0 Å². The Morgan fingerprint density at radius 3 is 2.76 bits per heavy atom. The van der Waals surface area contributed by atoms with Gasteiger partial charge in [-0.15, -0.1) is 0 Å². The van der Waals surface area contributed by atoms with E-state index in [1.54, 1.807) is 12.1 Å². The zero-order chi connectivity index (χ0) is 15.0. The monoisotopic (exact) mass is 282 g/mol. The molecular weight excluding hydrogens is 264 g/mol. The number of hydrogen-bond donors (Lipinski definition) is 1. The minimum absolute atomic E-state index is 0.246. The smallest absolute Gasteiger partial charge is 0.340 e. The van der Waals surface area contributed by atoms with Gasteiger partial charge in [-0.05, 0) is 37.1 Å². The highest BCUT2D eigenvalue weighted by atomic mass is 16.5. The second kappa shape index (κ2) is 5.13. The van der Waals surface area contributed by atoms with E-state index in [-0.39, 0.29) is 12.0 Å². The van der Waals surface area contributed by atoms with Gasteiger partial charge in [-0.2, -0.15) is 0 Å². The number of methoxy groups -OCH3 is 1. The van der Waals surface area contributed by atoms with Crippen molar-refractivity contribution in [3.8, 4) is 0 Å². The molecule has 0 saturated heterocycles. The molecule has 4 nitrogen and oxygen atoms in total. The molecule has 1 aliphatic heterocycles. The zero-order valence-electron chi connectivity index (χ0n) is 12.2. The van der Waals surface area contributed by atoms with Gasteiger partial charge in [-0.1, -0.05) is 24.3 Å². The summed E-state index contributed by atoms with van der Waals surface area (Å²) in [5.41, 5.74) is 10.4. The molecule has 2 N–H and O–H groups in total. The highest BCUT2D eigenvalue weighted by Gasteiger charge is 2.31. The Balaban J connectivity index is 2.19. The van der Waals surface area contributed by atoms with Gasteiger partial charge in [0.1, 0.15) is 0 Å². The molecule has 4 heteroatoms. The molecule has 108 valence electrons. The van der Waals surface area contributed by atoms with Crippen molar-refractivity contribution < 1.29 is 9.53 Å². The Labute approximate surface area is 124 Å². The first-order valence-electron chi connectivity index (χ1n) is 6.97. The molecule has 0 saturated carbocycles. The number of rotatable bonds is 2. The Hall–Kier alpha value is -2.49. The Morgan fingerprint density at radius 2 is 2.00 bits per heavy atom. The quantitative estimate of drug-likeness (QED) is 0.679. The average molecular weight is 282 g/mol. The molecular formula is C17H18N2O2. The summed E-state index contributed by atoms with van der Waals surface area (Å²) in [7, 11) is 1.39. The number of ether oxygens (including phenoxy) is 1. The van der Waals surface area contributed by atoms with Crippen LogP contribution in [0.15, 0.2) is 42.5 Å². The minimum Gasteiger partial charge on any atom is -0.465 e. The fraction of sp³-hybridized carbons (Fsp3) is 0.235. The fourth-order valence-corrected chi connectivity index (χ4v) is 3.01. The third-order valence-corrected chi connectivity index (χ3v) is 3.92. The van der Waals surface area contributed by atoms with Gasteiger partial charge >= 0.3 is 5.97 Å². The second-order valence-corrected chi connectivity index (χ2v) is 5.29. The molecule has 2 aromatic carbocycles. The second-order valence-electron chi connectivity index (χ2n) is 5.29. The van der Waals surface area contributed by atoms with E-state index in [0.29, 0.717) is 11.3 Å². The first-order valence-corrected chi connectivity index (χ1v) is 6.97. The molecule has 1 unspecified atom stereocenters. The van der Waals surface area contributed by atoms with Crippen molar-refractivity contribution in [1.29, 1.82) is 0 Å². The molecule has 0 radical (unpaired) electrons. The maximum Gasteiger partial charge on any atom is 0.340 e. The predicted octanol–water partition coefficient (Wildman–Crippen LogP) is 3.14. The topological polar surface area (TPSA) is 55.6 Å². The summed E-state index contributed by atoms with van der Waals surface area (Å²) in [4.78, 5) is 14.2. The molecule has 1 aliphatic rings. The summed E-state index contributed by atoms with van der Waals surface area (Å²) in [6, 6.07) is 13.8. The number of carbonyl (C=O) groups is 1. The third kappa shape index (κ3) is 2.13. The molecule has 0 aromatic heterocycles. The summed E-state index contributed by atoms with van der Waals surface area (Å²) >= 11 is 0. The fourth-order valence-electron chi connectivity index (χ4n) is 3.01. The van der Waals surface area contributed by atoms with Crippen LogP contribution in [0.5, 0.6) is 0 Å². The molecule has 1 atom stereocenters. The number of para-hydroxylation sites is 2. The van der Waals surface area contributed by atoms with Crippen LogP contribution in [-0.2, 0) is 11.2 Å². The highest BCUT2D eigenvalue weighted by Crippen LogP contribution is 2.42. The van der Waals surface area contributed by atoms with Gasteiger partial charge in [0, 0.05) is 11.7 Å². The van der Waals surface area contributed by atoms with E-state index >= 15 is 0 Å². The number of carbonyl (C=O) groups excluding carboxylic acids is 1. The van der Waals surface area contributed by atoms with Crippen molar-refractivity contribution >= 4 is 23.0 Å². The lowest BCUT2D eigenvalue weighted by Crippen LogP contribution is -2.27. The van der Waals surface area contributed by atoms with Gasteiger partial charge in [0.05, 0.1) is 24.0 Å². The van der Waals surface area contributed by atoms with Crippen molar-refractivity contribution in [2.24, 2.45) is 0 Å². The first kappa shape index (κ1) is 13.5. The van der Waals surface area contributed by atoms with E-state index < -0.39 is 0 Å². The molecule has 0 fully saturated rings. The van der Waals surface area contributed by atoms with Crippen molar-refractivity contribution in [1.82, 2.24) is 0 Å². The maximum atomic E-state index is 12.1. The van der Waals surface area contributed by atoms with Crippen molar-refractivity contribution in [2.75, 3.05) is 17.7 Å². The summed E-state index contributed by atoms with van der Waals surface area (Å²) < 4.78 is 4.89. The van der Waals surface area contributed by atoms with Crippen molar-refractivity contribution in [2.45, 2.75) is 19.4 Å². The zero-order valence-corrected chi connectivity index (χ0v) is 12.2. The van der Waals surface area contributed by atoms with Crippen LogP contribution < -0.4 is 10.6 Å². The lowest BCUT2D eigenvalue weighted by Gasteiger charge is -2.28. The predicted molar refractivity (Wildman–Crippen MR) is 83.9 cm³/mol. The van der Waals surface area contributed by atoms with Crippen LogP contribution in [0.3, 0.4) is 0 Å². The van der Waals surface area contributed by atoms with Gasteiger partial charge in [0.2, 0.25) is 0 Å². The van der Waals surface area contributed by atoms with Crippen molar-refractivity contribution in [3.63, 3.8) is 0 Å². The van der Waals surface area contributed by atoms with Crippen LogP contribution in [0.1, 0.15) is 22.8 Å². The Morgan fingerprint density at radius 1 is 1.24 bits per heavy atom. The molecule has 1 heterocycles. The standard InChI is InChI=1S/C17H18N2O2/c1-11-10-12-6-3-4-9-15(12)19(11)16-13(17(20)21-2)7-5-8-14(16)18/h3-9,11H,10,18H2,1-2H3. The molecule has 21 heavy (non-hydrogen) atoms. The number of benzene rings is 2. The number of nitrogen functional groups attached to an aromatic ring is 1. The lowest BCUT2D eigenvalue weighted by atomic mass is 10.1. The Bertz CT molecular complexity index is 697. The SMILES string of the molecule is COC(=O)c1cccc(N)c1N1c2ccccc2CC1C. The van der Waals surface area contributed by atoms with E-state index in [0.717, 1.165) is 17.8 Å². The number of nitrogens with zero attached hydrogens (tertiary/aromatic N) is 1. The first-order chi connectivity index (χ1) is 10.1. The number of anilines is 3. The van der Waals surface area contributed by atoms with Crippen LogP contribution >= 0.6 is 0 Å². The normalized spacial score (nSPS) is 16.7. The van der Waals surface area contributed by atoms with Crippen molar-refractivity contribution in [3.05, 3.63) is 53.6 Å². The largest absolute Gasteiger partial charge is 0.465 e. The number of esters is 1. The number of hydrogen-bond acceptors (Lipinski definition) is 4. The van der Waals surface area contributed by atoms with Gasteiger partial charge in [0.25, 0.3) is 0 Å². The van der Waals surface area contributed by atoms with E-state index in [1.807, 2.05) is 18.2 Å². The van der Waals surface area contributed by atoms with Crippen LogP contribution in [0.4, 0.5) is 17.1 Å². The summed E-state index contributed by atoms with van der Waals surface area (Å²) in [5, 5.41) is 0. The summed E-state index contributed by atoms with van der Waals surface area (Å²) in [5.74, 6) is -0.367. The van der Waals surface area contributed by atoms with Crippen LogP contribution in [-0.4, -0.2) is 19.1 Å². The lowest BCUT2D eigenvalue weighted by molar-refractivity contribution is 0.0601. The minimum atomic E-state index is -0.367. The molecule has 0 bridgehead atoms. The summed E-state index contributed by atoms with van der Waals surface area (Å²) in [6.07, 6.45) is 0.936. The third-order valence-electron chi connectivity index (χ3n) is 3.92. The van der Waals surface area contributed by atoms with Crippen LogP contribution in [0, 0.1) is 0 Å².